The van der Waals surface area contributed by atoms with Gasteiger partial charge in [-0.2, -0.15) is 0 Å². The van der Waals surface area contributed by atoms with Crippen LogP contribution in [0.1, 0.15) is 42.2 Å². The van der Waals surface area contributed by atoms with Crippen molar-refractivity contribution in [2.24, 2.45) is 0 Å². The van der Waals surface area contributed by atoms with Gasteiger partial charge in [0.2, 0.25) is 5.43 Å². The van der Waals surface area contributed by atoms with E-state index in [0.717, 1.165) is 44.7 Å². The van der Waals surface area contributed by atoms with E-state index >= 15 is 4.39 Å². The summed E-state index contributed by atoms with van der Waals surface area (Å²) in [4.78, 5) is 28.6. The molecular weight excluding hydrogens is 349 g/mol. The normalized spacial score (nSPS) is 20.3. The lowest BCUT2D eigenvalue weighted by Gasteiger charge is -2.38. The van der Waals surface area contributed by atoms with Crippen LogP contribution in [0.2, 0.25) is 0 Å². The summed E-state index contributed by atoms with van der Waals surface area (Å²) in [5.41, 5.74) is 1.21. The molecule has 2 aliphatic heterocycles. The van der Waals surface area contributed by atoms with E-state index in [9.17, 15) is 14.7 Å². The van der Waals surface area contributed by atoms with Crippen molar-refractivity contribution in [3.63, 3.8) is 0 Å². The molecule has 1 aromatic heterocycles. The third-order valence-electron chi connectivity index (χ3n) is 5.99. The number of hydrogen-bond donors (Lipinski definition) is 1. The Kier molecular flexibility index (Phi) is 4.42. The van der Waals surface area contributed by atoms with Crippen LogP contribution in [0.3, 0.4) is 0 Å². The summed E-state index contributed by atoms with van der Waals surface area (Å²) >= 11 is 0. The zero-order chi connectivity index (χ0) is 19.3. The highest BCUT2D eigenvalue weighted by Crippen LogP contribution is 2.38. The van der Waals surface area contributed by atoms with Crippen LogP contribution in [-0.2, 0) is 6.42 Å². The number of aryl methyl sites for hydroxylation is 1. The second-order valence-electron chi connectivity index (χ2n) is 7.48. The van der Waals surface area contributed by atoms with Crippen LogP contribution in [0, 0.1) is 5.82 Å². The molecule has 1 unspecified atom stereocenters. The third-order valence-corrected chi connectivity index (χ3v) is 5.99. The first-order chi connectivity index (χ1) is 12.9. The van der Waals surface area contributed by atoms with E-state index in [1.165, 1.54) is 12.3 Å². The second-order valence-corrected chi connectivity index (χ2v) is 7.48. The molecule has 1 atom stereocenters. The minimum absolute atomic E-state index is 0.0638. The van der Waals surface area contributed by atoms with Crippen LogP contribution >= 0.6 is 0 Å². The number of halogens is 1. The minimum Gasteiger partial charge on any atom is -0.477 e. The van der Waals surface area contributed by atoms with Crippen molar-refractivity contribution in [1.82, 2.24) is 9.47 Å². The zero-order valence-electron chi connectivity index (χ0n) is 15.7. The molecule has 1 saturated heterocycles. The first-order valence-electron chi connectivity index (χ1n) is 9.53. The highest BCUT2D eigenvalue weighted by molar-refractivity contribution is 5.95. The molecule has 6 nitrogen and oxygen atoms in total. The van der Waals surface area contributed by atoms with Crippen LogP contribution in [0.5, 0.6) is 0 Å². The molecule has 7 heteroatoms. The molecule has 144 valence electrons. The molecule has 2 aliphatic rings. The number of aromatic nitrogens is 1. The Morgan fingerprint density at radius 1 is 1.30 bits per heavy atom. The third kappa shape index (κ3) is 2.81. The van der Waals surface area contributed by atoms with Gasteiger partial charge in [0.05, 0.1) is 11.2 Å². The fraction of sp³-hybridized carbons (Fsp3) is 0.500. The van der Waals surface area contributed by atoms with Crippen LogP contribution in [0.15, 0.2) is 17.1 Å². The average Bonchev–Trinajstić information content (AvgIpc) is 2.66. The fourth-order valence-corrected chi connectivity index (χ4v) is 4.42. The standard InChI is InChI=1S/C20H24FN3O3/c1-3-22-6-8-23(9-7-22)18-13-5-4-12(2)24-11-15(20(26)27)19(25)14(17(13)24)10-16(18)21/h10-12H,3-9H2,1-2H3,(H,26,27). The lowest BCUT2D eigenvalue weighted by atomic mass is 9.93. The topological polar surface area (TPSA) is 65.8 Å². The van der Waals surface area contributed by atoms with Gasteiger partial charge in [-0.05, 0) is 32.4 Å². The Bertz CT molecular complexity index is 977. The average molecular weight is 373 g/mol. The number of hydrogen-bond acceptors (Lipinski definition) is 4. The molecule has 1 N–H and O–H groups in total. The monoisotopic (exact) mass is 373 g/mol. The Morgan fingerprint density at radius 3 is 2.63 bits per heavy atom. The van der Waals surface area contributed by atoms with Gasteiger partial charge < -0.3 is 19.5 Å². The van der Waals surface area contributed by atoms with Gasteiger partial charge in [-0.3, -0.25) is 4.79 Å². The van der Waals surface area contributed by atoms with E-state index in [2.05, 4.69) is 16.7 Å². The Morgan fingerprint density at radius 2 is 2.00 bits per heavy atom. The molecule has 0 bridgehead atoms. The Hall–Kier alpha value is -2.41. The summed E-state index contributed by atoms with van der Waals surface area (Å²) in [5, 5.41) is 9.55. The molecule has 0 amide bonds. The molecule has 0 saturated carbocycles. The van der Waals surface area contributed by atoms with E-state index in [1.54, 1.807) is 0 Å². The maximum absolute atomic E-state index is 15.1. The van der Waals surface area contributed by atoms with Crippen LogP contribution in [0.25, 0.3) is 10.9 Å². The maximum Gasteiger partial charge on any atom is 0.341 e. The van der Waals surface area contributed by atoms with E-state index < -0.39 is 17.2 Å². The van der Waals surface area contributed by atoms with Gasteiger partial charge in [0.15, 0.2) is 0 Å². The summed E-state index contributed by atoms with van der Waals surface area (Å²) in [6.07, 6.45) is 2.90. The van der Waals surface area contributed by atoms with Gasteiger partial charge in [0, 0.05) is 49.4 Å². The molecule has 0 aliphatic carbocycles. The predicted octanol–water partition coefficient (Wildman–Crippen LogP) is 2.49. The van der Waals surface area contributed by atoms with Crippen molar-refractivity contribution < 1.29 is 14.3 Å². The quantitative estimate of drug-likeness (QED) is 0.896. The first kappa shape index (κ1) is 18.0. The lowest BCUT2D eigenvalue weighted by Crippen LogP contribution is -2.47. The van der Waals surface area contributed by atoms with Crippen molar-refractivity contribution in [2.45, 2.75) is 32.7 Å². The molecule has 1 fully saturated rings. The number of nitrogens with zero attached hydrogens (tertiary/aromatic N) is 3. The van der Waals surface area contributed by atoms with E-state index in [1.807, 2.05) is 11.5 Å². The van der Waals surface area contributed by atoms with E-state index in [-0.39, 0.29) is 17.0 Å². The van der Waals surface area contributed by atoms with Gasteiger partial charge in [-0.15, -0.1) is 0 Å². The van der Waals surface area contributed by atoms with E-state index in [0.29, 0.717) is 17.6 Å². The number of piperazine rings is 1. The van der Waals surface area contributed by atoms with Crippen molar-refractivity contribution in [1.29, 1.82) is 0 Å². The summed E-state index contributed by atoms with van der Waals surface area (Å²) in [7, 11) is 0. The second kappa shape index (κ2) is 6.64. The SMILES string of the molecule is CCN1CCN(c2c(F)cc3c(=O)c(C(=O)O)cn4c3c2CCC4C)CC1. The predicted molar refractivity (Wildman–Crippen MR) is 102 cm³/mol. The molecule has 1 aromatic carbocycles. The number of rotatable bonds is 3. The van der Waals surface area contributed by atoms with Gasteiger partial charge in [0.1, 0.15) is 11.4 Å². The number of anilines is 1. The number of carboxylic acid groups (broad SMARTS) is 1. The number of benzene rings is 1. The molecule has 27 heavy (non-hydrogen) atoms. The largest absolute Gasteiger partial charge is 0.477 e. The molecule has 2 aromatic rings. The van der Waals surface area contributed by atoms with Gasteiger partial charge in [-0.25, -0.2) is 9.18 Å². The lowest BCUT2D eigenvalue weighted by molar-refractivity contribution is 0.0694. The van der Waals surface area contributed by atoms with Crippen molar-refractivity contribution in [3.8, 4) is 0 Å². The number of likely N-dealkylation sites (N-methyl/N-ethyl adjacent to an activating group) is 1. The minimum atomic E-state index is -1.27. The van der Waals surface area contributed by atoms with Crippen LogP contribution in [-0.4, -0.2) is 53.3 Å². The first-order valence-corrected chi connectivity index (χ1v) is 9.53. The number of aromatic carboxylic acids is 1. The fourth-order valence-electron chi connectivity index (χ4n) is 4.42. The summed E-state index contributed by atoms with van der Waals surface area (Å²) < 4.78 is 17.0. The Labute approximate surface area is 156 Å². The highest BCUT2D eigenvalue weighted by Gasteiger charge is 2.29. The number of pyridine rings is 1. The van der Waals surface area contributed by atoms with Gasteiger partial charge in [-0.1, -0.05) is 6.92 Å². The van der Waals surface area contributed by atoms with Crippen LogP contribution < -0.4 is 10.3 Å². The molecule has 0 spiro atoms. The molecule has 3 heterocycles. The maximum atomic E-state index is 15.1. The number of carboxylic acids is 1. The van der Waals surface area contributed by atoms with E-state index in [4.69, 9.17) is 0 Å². The van der Waals surface area contributed by atoms with Crippen molar-refractivity contribution in [2.75, 3.05) is 37.6 Å². The smallest absolute Gasteiger partial charge is 0.341 e. The Balaban J connectivity index is 1.94. The highest BCUT2D eigenvalue weighted by atomic mass is 19.1. The molecule has 0 radical (unpaired) electrons. The number of carbonyl (C=O) groups is 1. The molecular formula is C20H24FN3O3. The summed E-state index contributed by atoms with van der Waals surface area (Å²) in [6, 6.07) is 1.30. The van der Waals surface area contributed by atoms with Crippen molar-refractivity contribution in [3.05, 3.63) is 39.4 Å². The van der Waals surface area contributed by atoms with Gasteiger partial charge >= 0.3 is 5.97 Å². The molecule has 4 rings (SSSR count). The summed E-state index contributed by atoms with van der Waals surface area (Å²) in [5.74, 6) is -1.70. The van der Waals surface area contributed by atoms with Crippen molar-refractivity contribution >= 4 is 22.6 Å². The van der Waals surface area contributed by atoms with Crippen LogP contribution in [0.4, 0.5) is 10.1 Å². The summed E-state index contributed by atoms with van der Waals surface area (Å²) in [6.45, 7) is 8.36. The van der Waals surface area contributed by atoms with Gasteiger partial charge in [0.25, 0.3) is 0 Å². The zero-order valence-corrected chi connectivity index (χ0v) is 15.7.